The molecule has 0 saturated carbocycles. The number of rotatable bonds is 3. The van der Waals surface area contributed by atoms with Gasteiger partial charge < -0.3 is 24.2 Å². The number of hydrogen-bond donors (Lipinski definition) is 1. The minimum Gasteiger partial charge on any atom is -0.450 e. The molecule has 28 heavy (non-hydrogen) atoms. The van der Waals surface area contributed by atoms with Crippen LogP contribution in [0.2, 0.25) is 0 Å². The molecule has 0 radical (unpaired) electrons. The van der Waals surface area contributed by atoms with E-state index < -0.39 is 0 Å². The van der Waals surface area contributed by atoms with Crippen molar-refractivity contribution in [2.45, 2.75) is 34.6 Å². The summed E-state index contributed by atoms with van der Waals surface area (Å²) < 4.78 is 15.1. The highest BCUT2D eigenvalue weighted by atomic mass is 16.6. The predicted octanol–water partition coefficient (Wildman–Crippen LogP) is 2.88. The molecule has 0 aromatic carbocycles. The molecule has 1 saturated heterocycles. The molecule has 1 N–H and O–H groups in total. The summed E-state index contributed by atoms with van der Waals surface area (Å²) >= 11 is 0. The Labute approximate surface area is 165 Å². The summed E-state index contributed by atoms with van der Waals surface area (Å²) in [7, 11) is 1.85. The maximum Gasteiger partial charge on any atom is 0.409 e. The van der Waals surface area contributed by atoms with Gasteiger partial charge in [0.2, 0.25) is 0 Å². The van der Waals surface area contributed by atoms with E-state index in [0.717, 1.165) is 39.9 Å². The summed E-state index contributed by atoms with van der Waals surface area (Å²) in [6, 6.07) is 0. The second kappa shape index (κ2) is 10.0. The predicted molar refractivity (Wildman–Crippen MR) is 105 cm³/mol. The van der Waals surface area contributed by atoms with Gasteiger partial charge in [0.25, 0.3) is 0 Å². The van der Waals surface area contributed by atoms with E-state index in [4.69, 9.17) is 14.0 Å². The van der Waals surface area contributed by atoms with Gasteiger partial charge in [-0.15, -0.1) is 0 Å². The zero-order valence-electron chi connectivity index (χ0n) is 17.5. The second-order valence-electron chi connectivity index (χ2n) is 6.34. The van der Waals surface area contributed by atoms with E-state index >= 15 is 0 Å². The van der Waals surface area contributed by atoms with Gasteiger partial charge in [0.1, 0.15) is 17.4 Å². The van der Waals surface area contributed by atoms with Crippen LogP contribution in [0.5, 0.6) is 0 Å². The lowest BCUT2D eigenvalue weighted by molar-refractivity contribution is 0.0286. The number of carbonyl (C=O) groups excluding carboxylic acids is 1. The smallest absolute Gasteiger partial charge is 0.409 e. The molecular weight excluding hydrogens is 362 g/mol. The molecule has 1 amide bonds. The molecule has 0 spiro atoms. The standard InChI is InChI=1S/C12H16N4O.C7H13NO3/c1-6-11(10-7(2)16-17-8(10)3)14-9(4)15-12(6)13-5;1-2-11-7(9)8-3-5-10-6-4-8/h1-5H3,(H,13,14,15);2-6H2,1H3. The van der Waals surface area contributed by atoms with E-state index in [0.29, 0.717) is 32.9 Å². The SMILES string of the molecule is CCOC(=O)N1CCOCC1.CNc1nc(C)nc(-c2c(C)noc2C)c1C. The average molecular weight is 391 g/mol. The third-order valence-corrected chi connectivity index (χ3v) is 4.30. The Balaban J connectivity index is 0.000000221. The molecule has 154 valence electrons. The highest BCUT2D eigenvalue weighted by Gasteiger charge is 2.18. The van der Waals surface area contributed by atoms with Gasteiger partial charge in [-0.25, -0.2) is 14.8 Å². The van der Waals surface area contributed by atoms with E-state index in [-0.39, 0.29) is 6.09 Å². The lowest BCUT2D eigenvalue weighted by Crippen LogP contribution is -2.40. The number of hydrogen-bond acceptors (Lipinski definition) is 8. The highest BCUT2D eigenvalue weighted by Crippen LogP contribution is 2.30. The van der Waals surface area contributed by atoms with Crippen molar-refractivity contribution in [1.82, 2.24) is 20.0 Å². The molecule has 3 rings (SSSR count). The monoisotopic (exact) mass is 391 g/mol. The molecule has 2 aromatic rings. The fourth-order valence-corrected chi connectivity index (χ4v) is 2.90. The molecule has 0 unspecified atom stereocenters. The van der Waals surface area contributed by atoms with Crippen molar-refractivity contribution in [3.63, 3.8) is 0 Å². The molecule has 3 heterocycles. The van der Waals surface area contributed by atoms with Crippen molar-refractivity contribution >= 4 is 11.9 Å². The van der Waals surface area contributed by atoms with Crippen LogP contribution in [0.1, 0.15) is 29.8 Å². The number of nitrogens with zero attached hydrogens (tertiary/aromatic N) is 4. The van der Waals surface area contributed by atoms with Gasteiger partial charge >= 0.3 is 6.09 Å². The van der Waals surface area contributed by atoms with Crippen LogP contribution in [0.4, 0.5) is 10.6 Å². The summed E-state index contributed by atoms with van der Waals surface area (Å²) in [6.07, 6.45) is -0.226. The molecule has 1 fully saturated rings. The van der Waals surface area contributed by atoms with Crippen LogP contribution in [-0.2, 0) is 9.47 Å². The summed E-state index contributed by atoms with van der Waals surface area (Å²) in [4.78, 5) is 21.5. The Morgan fingerprint density at radius 3 is 2.39 bits per heavy atom. The number of aromatic nitrogens is 3. The first-order chi connectivity index (χ1) is 13.4. The summed E-state index contributed by atoms with van der Waals surface area (Å²) in [5.74, 6) is 2.35. The zero-order chi connectivity index (χ0) is 20.7. The maximum atomic E-state index is 11.0. The number of carbonyl (C=O) groups is 1. The van der Waals surface area contributed by atoms with Crippen LogP contribution in [0, 0.1) is 27.7 Å². The first-order valence-electron chi connectivity index (χ1n) is 9.34. The number of aryl methyl sites for hydroxylation is 3. The van der Waals surface area contributed by atoms with Crippen LogP contribution in [-0.4, -0.2) is 66.1 Å². The van der Waals surface area contributed by atoms with Crippen molar-refractivity contribution in [2.24, 2.45) is 0 Å². The Morgan fingerprint density at radius 2 is 1.86 bits per heavy atom. The quantitative estimate of drug-likeness (QED) is 0.852. The van der Waals surface area contributed by atoms with Crippen LogP contribution in [0.25, 0.3) is 11.3 Å². The normalized spacial score (nSPS) is 13.6. The molecule has 9 heteroatoms. The minimum atomic E-state index is -0.226. The van der Waals surface area contributed by atoms with E-state index in [2.05, 4.69) is 20.4 Å². The lowest BCUT2D eigenvalue weighted by atomic mass is 10.1. The number of morpholine rings is 1. The fourth-order valence-electron chi connectivity index (χ4n) is 2.90. The Hall–Kier alpha value is -2.68. The minimum absolute atomic E-state index is 0.226. The zero-order valence-corrected chi connectivity index (χ0v) is 17.5. The Kier molecular flexibility index (Phi) is 7.74. The average Bonchev–Trinajstić information content (AvgIpc) is 3.03. The van der Waals surface area contributed by atoms with Gasteiger partial charge in [0.15, 0.2) is 0 Å². The maximum absolute atomic E-state index is 11.0. The van der Waals surface area contributed by atoms with Gasteiger partial charge in [-0.2, -0.15) is 0 Å². The third kappa shape index (κ3) is 5.19. The van der Waals surface area contributed by atoms with Crippen molar-refractivity contribution in [3.8, 4) is 11.3 Å². The van der Waals surface area contributed by atoms with E-state index in [9.17, 15) is 4.79 Å². The first kappa shape index (κ1) is 21.6. The third-order valence-electron chi connectivity index (χ3n) is 4.30. The van der Waals surface area contributed by atoms with Crippen LogP contribution in [0.3, 0.4) is 0 Å². The topological polar surface area (TPSA) is 103 Å². The molecule has 2 aromatic heterocycles. The molecule has 0 aliphatic carbocycles. The molecule has 0 atom stereocenters. The molecule has 1 aliphatic heterocycles. The van der Waals surface area contributed by atoms with Gasteiger partial charge in [0.05, 0.1) is 36.8 Å². The van der Waals surface area contributed by atoms with Crippen molar-refractivity contribution < 1.29 is 18.8 Å². The number of amides is 1. The Morgan fingerprint density at radius 1 is 1.18 bits per heavy atom. The van der Waals surface area contributed by atoms with Gasteiger partial charge in [0, 0.05) is 25.7 Å². The van der Waals surface area contributed by atoms with Gasteiger partial charge in [-0.05, 0) is 34.6 Å². The van der Waals surface area contributed by atoms with Crippen molar-refractivity contribution in [1.29, 1.82) is 0 Å². The van der Waals surface area contributed by atoms with Crippen molar-refractivity contribution in [2.75, 3.05) is 45.3 Å². The summed E-state index contributed by atoms with van der Waals surface area (Å²) in [5.41, 5.74) is 3.71. The first-order valence-corrected chi connectivity index (χ1v) is 9.34. The molecule has 9 nitrogen and oxygen atoms in total. The molecule has 0 bridgehead atoms. The summed E-state index contributed by atoms with van der Waals surface area (Å²) in [5, 5.41) is 7.04. The Bertz CT molecular complexity index is 780. The largest absolute Gasteiger partial charge is 0.450 e. The van der Waals surface area contributed by atoms with Crippen molar-refractivity contribution in [3.05, 3.63) is 22.8 Å². The molecular formula is C19H29N5O4. The van der Waals surface area contributed by atoms with E-state index in [1.54, 1.807) is 11.8 Å². The number of nitrogens with one attached hydrogen (secondary N) is 1. The van der Waals surface area contributed by atoms with E-state index in [1.807, 2.05) is 34.7 Å². The fraction of sp³-hybridized carbons (Fsp3) is 0.579. The summed E-state index contributed by atoms with van der Waals surface area (Å²) in [6.45, 7) is 12.5. The van der Waals surface area contributed by atoms with E-state index in [1.165, 1.54) is 0 Å². The van der Waals surface area contributed by atoms with Crippen LogP contribution in [0.15, 0.2) is 4.52 Å². The van der Waals surface area contributed by atoms with Gasteiger partial charge in [-0.3, -0.25) is 0 Å². The molecule has 1 aliphatic rings. The second-order valence-corrected chi connectivity index (χ2v) is 6.34. The van der Waals surface area contributed by atoms with Crippen LogP contribution < -0.4 is 5.32 Å². The number of anilines is 1. The van der Waals surface area contributed by atoms with Crippen LogP contribution >= 0.6 is 0 Å². The van der Waals surface area contributed by atoms with Gasteiger partial charge in [-0.1, -0.05) is 5.16 Å². The number of ether oxygens (including phenoxy) is 2. The lowest BCUT2D eigenvalue weighted by Gasteiger charge is -2.25. The highest BCUT2D eigenvalue weighted by molar-refractivity contribution is 5.71.